The van der Waals surface area contributed by atoms with E-state index in [1.54, 1.807) is 0 Å². The number of amides is 1. The van der Waals surface area contributed by atoms with Crippen LogP contribution in [0.2, 0.25) is 0 Å². The van der Waals surface area contributed by atoms with E-state index < -0.39 is 0 Å². The second-order valence-corrected chi connectivity index (χ2v) is 5.41. The molecule has 2 nitrogen and oxygen atoms in total. The summed E-state index contributed by atoms with van der Waals surface area (Å²) < 4.78 is 0. The zero-order valence-electron chi connectivity index (χ0n) is 7.49. The van der Waals surface area contributed by atoms with E-state index in [4.69, 9.17) is 0 Å². The van der Waals surface area contributed by atoms with Gasteiger partial charge in [-0.2, -0.15) is 24.4 Å². The average Bonchev–Trinajstić information content (AvgIpc) is 2.01. The Kier molecular flexibility index (Phi) is 3.77. The molecule has 1 aliphatic rings. The minimum atomic E-state index is 0.164. The van der Waals surface area contributed by atoms with E-state index in [1.807, 2.05) is 16.7 Å². The predicted molar refractivity (Wildman–Crippen MR) is 56.9 cm³/mol. The van der Waals surface area contributed by atoms with Crippen LogP contribution in [0.15, 0.2) is 0 Å². The predicted octanol–water partition coefficient (Wildman–Crippen LogP) is 1.27. The Morgan fingerprint density at radius 2 is 2.00 bits per heavy atom. The van der Waals surface area contributed by atoms with E-state index in [9.17, 15) is 4.79 Å². The number of nitrogens with zero attached hydrogens (tertiary/aromatic N) is 1. The molecule has 0 N–H and O–H groups in total. The molecule has 0 aliphatic carbocycles. The zero-order valence-corrected chi connectivity index (χ0v) is 9.20. The van der Waals surface area contributed by atoms with Gasteiger partial charge in [0.2, 0.25) is 5.91 Å². The second kappa shape index (κ2) is 4.42. The maximum Gasteiger partial charge on any atom is 0.232 e. The van der Waals surface area contributed by atoms with E-state index in [2.05, 4.69) is 26.5 Å². The summed E-state index contributed by atoms with van der Waals surface area (Å²) in [6, 6.07) is 0. The van der Waals surface area contributed by atoms with Crippen LogP contribution in [0.4, 0.5) is 0 Å². The van der Waals surface area contributed by atoms with Crippen molar-refractivity contribution in [2.45, 2.75) is 24.3 Å². The number of rotatable bonds is 1. The minimum absolute atomic E-state index is 0.164. The Bertz CT molecular complexity index is 164. The zero-order chi connectivity index (χ0) is 9.14. The highest BCUT2D eigenvalue weighted by molar-refractivity contribution is 8.00. The highest BCUT2D eigenvalue weighted by Crippen LogP contribution is 2.24. The number of hydrogen-bond donors (Lipinski definition) is 1. The first kappa shape index (κ1) is 10.3. The van der Waals surface area contributed by atoms with Crippen molar-refractivity contribution in [2.24, 2.45) is 0 Å². The van der Waals surface area contributed by atoms with Gasteiger partial charge in [-0.1, -0.05) is 13.8 Å². The first-order valence-corrected chi connectivity index (χ1v) is 5.75. The first-order chi connectivity index (χ1) is 5.63. The third-order valence-corrected chi connectivity index (χ3v) is 3.41. The minimum Gasteiger partial charge on any atom is -0.340 e. The lowest BCUT2D eigenvalue weighted by Crippen LogP contribution is -2.44. The van der Waals surface area contributed by atoms with E-state index in [-0.39, 0.29) is 5.91 Å². The number of carbonyl (C=O) groups excluding carboxylic acids is 1. The van der Waals surface area contributed by atoms with Gasteiger partial charge in [0, 0.05) is 23.6 Å². The lowest BCUT2D eigenvalue weighted by molar-refractivity contribution is -0.128. The second-order valence-electron chi connectivity index (χ2n) is 3.21. The number of carbonyl (C=O) groups is 1. The quantitative estimate of drug-likeness (QED) is 0.651. The molecule has 1 heterocycles. The summed E-state index contributed by atoms with van der Waals surface area (Å²) in [4.78, 5) is 13.2. The standard InChI is InChI=1S/C8H15NOS2/c1-6-3-9(8(10)5-11)4-7(2)12-6/h6-7,11H,3-5H2,1-2H3. The Balaban J connectivity index is 2.49. The molecule has 0 aromatic heterocycles. The molecule has 70 valence electrons. The van der Waals surface area contributed by atoms with Crippen LogP contribution in [0.5, 0.6) is 0 Å². The SMILES string of the molecule is CC1CN(C(=O)CS)CC(C)S1. The average molecular weight is 205 g/mol. The fraction of sp³-hybridized carbons (Fsp3) is 0.875. The van der Waals surface area contributed by atoms with Crippen LogP contribution in [0.1, 0.15) is 13.8 Å². The topological polar surface area (TPSA) is 20.3 Å². The van der Waals surface area contributed by atoms with Crippen LogP contribution in [0.25, 0.3) is 0 Å². The maximum atomic E-state index is 11.3. The Morgan fingerprint density at radius 1 is 1.50 bits per heavy atom. The molecule has 2 atom stereocenters. The van der Waals surface area contributed by atoms with Gasteiger partial charge in [-0.05, 0) is 0 Å². The molecule has 0 spiro atoms. The molecule has 1 amide bonds. The molecule has 4 heteroatoms. The van der Waals surface area contributed by atoms with Crippen LogP contribution in [0.3, 0.4) is 0 Å². The molecule has 1 aliphatic heterocycles. The summed E-state index contributed by atoms with van der Waals surface area (Å²) >= 11 is 5.94. The molecular formula is C8H15NOS2. The van der Waals surface area contributed by atoms with Crippen LogP contribution < -0.4 is 0 Å². The smallest absolute Gasteiger partial charge is 0.232 e. The lowest BCUT2D eigenvalue weighted by Gasteiger charge is -2.34. The van der Waals surface area contributed by atoms with E-state index in [1.165, 1.54) is 0 Å². The van der Waals surface area contributed by atoms with Gasteiger partial charge in [0.1, 0.15) is 0 Å². The lowest BCUT2D eigenvalue weighted by atomic mass is 10.3. The molecule has 0 aromatic carbocycles. The molecular weight excluding hydrogens is 190 g/mol. The van der Waals surface area contributed by atoms with E-state index >= 15 is 0 Å². The number of thioether (sulfide) groups is 1. The summed E-state index contributed by atoms with van der Waals surface area (Å²) in [6.45, 7) is 6.10. The number of hydrogen-bond acceptors (Lipinski definition) is 3. The maximum absolute atomic E-state index is 11.3. The van der Waals surface area contributed by atoms with Gasteiger partial charge in [0.05, 0.1) is 5.75 Å². The normalized spacial score (nSPS) is 30.4. The van der Waals surface area contributed by atoms with Crippen molar-refractivity contribution in [3.05, 3.63) is 0 Å². The van der Waals surface area contributed by atoms with E-state index in [0.29, 0.717) is 16.3 Å². The molecule has 0 saturated carbocycles. The van der Waals surface area contributed by atoms with Crippen molar-refractivity contribution in [1.29, 1.82) is 0 Å². The Labute approximate surface area is 83.5 Å². The Hall–Kier alpha value is 0.170. The largest absolute Gasteiger partial charge is 0.340 e. The monoisotopic (exact) mass is 205 g/mol. The molecule has 1 fully saturated rings. The van der Waals surface area contributed by atoms with Crippen molar-refractivity contribution in [1.82, 2.24) is 4.90 Å². The van der Waals surface area contributed by atoms with Crippen molar-refractivity contribution in [3.63, 3.8) is 0 Å². The summed E-state index contributed by atoms with van der Waals surface area (Å²) in [6.07, 6.45) is 0. The Morgan fingerprint density at radius 3 is 2.42 bits per heavy atom. The molecule has 1 saturated heterocycles. The summed E-state index contributed by atoms with van der Waals surface area (Å²) in [7, 11) is 0. The highest BCUT2D eigenvalue weighted by atomic mass is 32.2. The molecule has 0 aromatic rings. The van der Waals surface area contributed by atoms with Gasteiger partial charge in [-0.15, -0.1) is 0 Å². The molecule has 12 heavy (non-hydrogen) atoms. The third-order valence-electron chi connectivity index (χ3n) is 1.91. The van der Waals surface area contributed by atoms with Crippen molar-refractivity contribution in [3.8, 4) is 0 Å². The highest BCUT2D eigenvalue weighted by Gasteiger charge is 2.24. The van der Waals surface area contributed by atoms with Gasteiger partial charge in [-0.25, -0.2) is 0 Å². The molecule has 0 radical (unpaired) electrons. The van der Waals surface area contributed by atoms with Gasteiger partial charge in [0.25, 0.3) is 0 Å². The molecule has 1 rings (SSSR count). The van der Waals surface area contributed by atoms with Crippen molar-refractivity contribution in [2.75, 3.05) is 18.8 Å². The van der Waals surface area contributed by atoms with E-state index in [0.717, 1.165) is 13.1 Å². The molecule has 0 bridgehead atoms. The van der Waals surface area contributed by atoms with Crippen molar-refractivity contribution < 1.29 is 4.79 Å². The van der Waals surface area contributed by atoms with Gasteiger partial charge < -0.3 is 4.90 Å². The third kappa shape index (κ3) is 2.59. The first-order valence-electron chi connectivity index (χ1n) is 4.17. The summed E-state index contributed by atoms with van der Waals surface area (Å²) in [5, 5.41) is 1.13. The fourth-order valence-electron chi connectivity index (χ4n) is 1.48. The van der Waals surface area contributed by atoms with Crippen LogP contribution in [-0.4, -0.2) is 40.1 Å². The molecule has 2 unspecified atom stereocenters. The van der Waals surface area contributed by atoms with Crippen molar-refractivity contribution >= 4 is 30.3 Å². The van der Waals surface area contributed by atoms with Gasteiger partial charge in [-0.3, -0.25) is 4.79 Å². The van der Waals surface area contributed by atoms with Crippen LogP contribution in [-0.2, 0) is 4.79 Å². The van der Waals surface area contributed by atoms with Gasteiger partial charge in [0.15, 0.2) is 0 Å². The summed E-state index contributed by atoms with van der Waals surface area (Å²) in [5.41, 5.74) is 0. The van der Waals surface area contributed by atoms with Crippen LogP contribution >= 0.6 is 24.4 Å². The number of thiol groups is 1. The van der Waals surface area contributed by atoms with Crippen LogP contribution in [0, 0.1) is 0 Å². The van der Waals surface area contributed by atoms with Gasteiger partial charge >= 0.3 is 0 Å². The fourth-order valence-corrected chi connectivity index (χ4v) is 3.01. The summed E-state index contributed by atoms with van der Waals surface area (Å²) in [5.74, 6) is 0.502.